The summed E-state index contributed by atoms with van der Waals surface area (Å²) in [6.07, 6.45) is 2.64. The molecule has 0 unspecified atom stereocenters. The molecule has 1 heterocycles. The van der Waals surface area contributed by atoms with Crippen LogP contribution in [0.3, 0.4) is 0 Å². The van der Waals surface area contributed by atoms with Gasteiger partial charge in [0.1, 0.15) is 17.2 Å². The van der Waals surface area contributed by atoms with Crippen LogP contribution in [0.15, 0.2) is 66.7 Å². The van der Waals surface area contributed by atoms with Crippen molar-refractivity contribution in [3.05, 3.63) is 94.6 Å². The topological polar surface area (TPSA) is 65.1 Å². The van der Waals surface area contributed by atoms with Crippen LogP contribution in [-0.2, 0) is 0 Å². The van der Waals surface area contributed by atoms with E-state index in [1.54, 1.807) is 62.6 Å². The van der Waals surface area contributed by atoms with E-state index in [0.29, 0.717) is 53.4 Å². The van der Waals surface area contributed by atoms with Gasteiger partial charge in [-0.3, -0.25) is 9.59 Å². The first-order valence-corrected chi connectivity index (χ1v) is 11.5. The molecule has 0 aromatic heterocycles. The van der Waals surface area contributed by atoms with Gasteiger partial charge in [-0.1, -0.05) is 54.1 Å². The van der Waals surface area contributed by atoms with E-state index in [1.807, 2.05) is 37.3 Å². The zero-order valence-electron chi connectivity index (χ0n) is 20.5. The van der Waals surface area contributed by atoms with Crippen molar-refractivity contribution < 1.29 is 23.8 Å². The second kappa shape index (κ2) is 10.5. The summed E-state index contributed by atoms with van der Waals surface area (Å²) >= 11 is 0. The quantitative estimate of drug-likeness (QED) is 0.444. The smallest absolute Gasteiger partial charge is 0.254 e. The van der Waals surface area contributed by atoms with Crippen LogP contribution in [-0.4, -0.2) is 51.0 Å². The Morgan fingerprint density at radius 1 is 0.829 bits per heavy atom. The van der Waals surface area contributed by atoms with Gasteiger partial charge in [0, 0.05) is 36.3 Å². The van der Waals surface area contributed by atoms with Crippen molar-refractivity contribution in [1.29, 1.82) is 0 Å². The highest BCUT2D eigenvalue weighted by Gasteiger charge is 2.26. The molecule has 0 spiro atoms. The molecular formula is C29H29NO5. The second-order valence-corrected chi connectivity index (χ2v) is 8.38. The number of rotatable bonds is 7. The normalized spacial score (nSPS) is 13.1. The van der Waals surface area contributed by atoms with Crippen molar-refractivity contribution in [1.82, 2.24) is 4.90 Å². The van der Waals surface area contributed by atoms with Gasteiger partial charge in [-0.05, 0) is 25.0 Å². The summed E-state index contributed by atoms with van der Waals surface area (Å²) in [5.74, 6) is 1.63. The van der Waals surface area contributed by atoms with E-state index in [2.05, 4.69) is 0 Å². The predicted molar refractivity (Wildman–Crippen MR) is 136 cm³/mol. The Kier molecular flexibility index (Phi) is 7.20. The molecule has 0 bridgehead atoms. The van der Waals surface area contributed by atoms with E-state index in [1.165, 1.54) is 0 Å². The molecule has 1 amide bonds. The molecule has 0 saturated heterocycles. The average molecular weight is 472 g/mol. The fourth-order valence-corrected chi connectivity index (χ4v) is 4.30. The molecule has 1 aliphatic heterocycles. The molecule has 6 nitrogen and oxygen atoms in total. The first kappa shape index (κ1) is 24.1. The third kappa shape index (κ3) is 4.92. The highest BCUT2D eigenvalue weighted by molar-refractivity contribution is 6.15. The molecule has 0 radical (unpaired) electrons. The molecular weight excluding hydrogens is 442 g/mol. The number of ether oxygens (including phenoxy) is 3. The molecule has 0 atom stereocenters. The van der Waals surface area contributed by atoms with Crippen molar-refractivity contribution in [2.75, 3.05) is 34.4 Å². The van der Waals surface area contributed by atoms with Gasteiger partial charge in [0.15, 0.2) is 5.78 Å². The molecule has 35 heavy (non-hydrogen) atoms. The lowest BCUT2D eigenvalue weighted by atomic mass is 9.95. The van der Waals surface area contributed by atoms with E-state index >= 15 is 0 Å². The van der Waals surface area contributed by atoms with Crippen LogP contribution in [0.2, 0.25) is 0 Å². The van der Waals surface area contributed by atoms with E-state index in [9.17, 15) is 9.59 Å². The van der Waals surface area contributed by atoms with Crippen molar-refractivity contribution in [3.8, 4) is 17.2 Å². The number of carbonyl (C=O) groups excluding carboxylic acids is 2. The Morgan fingerprint density at radius 2 is 1.46 bits per heavy atom. The minimum absolute atomic E-state index is 0.158. The highest BCUT2D eigenvalue weighted by atomic mass is 16.5. The van der Waals surface area contributed by atoms with Crippen LogP contribution in [0.1, 0.15) is 43.8 Å². The van der Waals surface area contributed by atoms with Crippen molar-refractivity contribution in [3.63, 3.8) is 0 Å². The number of hydrogen-bond donors (Lipinski definition) is 0. The molecule has 6 heteroatoms. The van der Waals surface area contributed by atoms with Crippen LogP contribution < -0.4 is 14.2 Å². The van der Waals surface area contributed by atoms with E-state index in [-0.39, 0.29) is 11.7 Å². The molecule has 0 saturated carbocycles. The van der Waals surface area contributed by atoms with Gasteiger partial charge >= 0.3 is 0 Å². The largest absolute Gasteiger partial charge is 0.496 e. The van der Waals surface area contributed by atoms with Crippen LogP contribution in [0, 0.1) is 6.92 Å². The summed E-state index contributed by atoms with van der Waals surface area (Å²) < 4.78 is 16.5. The number of nitrogens with zero attached hydrogens (tertiary/aromatic N) is 1. The van der Waals surface area contributed by atoms with E-state index in [0.717, 1.165) is 16.7 Å². The monoisotopic (exact) mass is 471 g/mol. The van der Waals surface area contributed by atoms with Gasteiger partial charge in [0.2, 0.25) is 0 Å². The Labute approximate surface area is 205 Å². The standard InChI is InChI=1S/C29H29NO5/c1-19-9-11-21(12-10-19)28(31)23-7-5-6-8-24(23)29(32)30-15-13-20(14-16-30)27-25(34-3)17-22(33-2)18-26(27)35-4/h5-13,17-18H,14-16H2,1-4H3. The number of carbonyl (C=O) groups is 2. The molecule has 3 aromatic rings. The minimum atomic E-state index is -0.162. The summed E-state index contributed by atoms with van der Waals surface area (Å²) in [7, 11) is 4.82. The molecule has 180 valence electrons. The van der Waals surface area contributed by atoms with Crippen molar-refractivity contribution in [2.45, 2.75) is 13.3 Å². The van der Waals surface area contributed by atoms with Gasteiger partial charge in [-0.15, -0.1) is 0 Å². The van der Waals surface area contributed by atoms with Crippen molar-refractivity contribution >= 4 is 17.3 Å². The Bertz CT molecular complexity index is 1250. The first-order chi connectivity index (χ1) is 17.0. The van der Waals surface area contributed by atoms with Crippen LogP contribution >= 0.6 is 0 Å². The fourth-order valence-electron chi connectivity index (χ4n) is 4.30. The second-order valence-electron chi connectivity index (χ2n) is 8.38. The van der Waals surface area contributed by atoms with Gasteiger partial charge in [0.25, 0.3) is 5.91 Å². The number of methoxy groups -OCH3 is 3. The summed E-state index contributed by atoms with van der Waals surface area (Å²) in [6.45, 7) is 2.90. The molecule has 4 rings (SSSR count). The lowest BCUT2D eigenvalue weighted by molar-refractivity contribution is 0.0768. The predicted octanol–water partition coefficient (Wildman–Crippen LogP) is 5.18. The lowest BCUT2D eigenvalue weighted by Crippen LogP contribution is -2.35. The Hall–Kier alpha value is -4.06. The number of hydrogen-bond acceptors (Lipinski definition) is 5. The molecule has 0 N–H and O–H groups in total. The zero-order chi connectivity index (χ0) is 24.9. The molecule has 3 aromatic carbocycles. The molecule has 0 aliphatic carbocycles. The maximum absolute atomic E-state index is 13.5. The van der Waals surface area contributed by atoms with Crippen LogP contribution in [0.25, 0.3) is 5.57 Å². The third-order valence-corrected chi connectivity index (χ3v) is 6.25. The van der Waals surface area contributed by atoms with Crippen molar-refractivity contribution in [2.24, 2.45) is 0 Å². The lowest BCUT2D eigenvalue weighted by Gasteiger charge is -2.28. The minimum Gasteiger partial charge on any atom is -0.496 e. The third-order valence-electron chi connectivity index (χ3n) is 6.25. The molecule has 1 aliphatic rings. The van der Waals surface area contributed by atoms with Gasteiger partial charge in [-0.25, -0.2) is 0 Å². The maximum atomic E-state index is 13.5. The summed E-state index contributed by atoms with van der Waals surface area (Å²) in [6, 6.07) is 18.0. The van der Waals surface area contributed by atoms with Gasteiger partial charge in [0.05, 0.1) is 32.5 Å². The van der Waals surface area contributed by atoms with Crippen LogP contribution in [0.4, 0.5) is 0 Å². The van der Waals surface area contributed by atoms with E-state index < -0.39 is 0 Å². The number of aryl methyl sites for hydroxylation is 1. The highest BCUT2D eigenvalue weighted by Crippen LogP contribution is 2.41. The summed E-state index contributed by atoms with van der Waals surface area (Å²) in [5.41, 5.74) is 4.36. The van der Waals surface area contributed by atoms with Crippen LogP contribution in [0.5, 0.6) is 17.2 Å². The van der Waals surface area contributed by atoms with E-state index in [4.69, 9.17) is 14.2 Å². The number of benzene rings is 3. The van der Waals surface area contributed by atoms with Gasteiger partial charge in [-0.2, -0.15) is 0 Å². The Morgan fingerprint density at radius 3 is 2.00 bits per heavy atom. The van der Waals surface area contributed by atoms with Gasteiger partial charge < -0.3 is 19.1 Å². The maximum Gasteiger partial charge on any atom is 0.254 e. The first-order valence-electron chi connectivity index (χ1n) is 11.5. The summed E-state index contributed by atoms with van der Waals surface area (Å²) in [4.78, 5) is 28.4. The zero-order valence-corrected chi connectivity index (χ0v) is 20.5. The average Bonchev–Trinajstić information content (AvgIpc) is 2.92. The fraction of sp³-hybridized carbons (Fsp3) is 0.241. The summed E-state index contributed by atoms with van der Waals surface area (Å²) in [5, 5.41) is 0. The SMILES string of the molecule is COc1cc(OC)c(C2=CCN(C(=O)c3ccccc3C(=O)c3ccc(C)cc3)CC2)c(OC)c1. The molecule has 0 fully saturated rings. The number of ketones is 1. The number of amides is 1. The Balaban J connectivity index is 1.60.